The largest absolute Gasteiger partial charge is 0.481 e. The summed E-state index contributed by atoms with van der Waals surface area (Å²) in [5.41, 5.74) is 6.59. The van der Waals surface area contributed by atoms with E-state index in [1.807, 2.05) is 0 Å². The molecule has 0 radical (unpaired) electrons. The van der Waals surface area contributed by atoms with Crippen molar-refractivity contribution < 1.29 is 19.4 Å². The summed E-state index contributed by atoms with van der Waals surface area (Å²) < 4.78 is 5.51. The number of carboxylic acid groups (broad SMARTS) is 1. The minimum Gasteiger partial charge on any atom is -0.481 e. The Labute approximate surface area is 116 Å². The van der Waals surface area contributed by atoms with Crippen LogP contribution in [0, 0.1) is 0 Å². The molecule has 108 valence electrons. The molecule has 20 heavy (non-hydrogen) atoms. The molecule has 4 N–H and O–H groups in total. The summed E-state index contributed by atoms with van der Waals surface area (Å²) in [6.45, 7) is 0.402. The number of anilines is 1. The van der Waals surface area contributed by atoms with Gasteiger partial charge in [0.1, 0.15) is 6.10 Å². The van der Waals surface area contributed by atoms with Gasteiger partial charge in [-0.1, -0.05) is 18.2 Å². The van der Waals surface area contributed by atoms with Crippen molar-refractivity contribution in [2.24, 2.45) is 5.73 Å². The first-order valence-corrected chi connectivity index (χ1v) is 6.56. The van der Waals surface area contributed by atoms with Crippen LogP contribution in [0.2, 0.25) is 0 Å². The number of hydrogen-bond donors (Lipinski definition) is 3. The predicted octanol–water partition coefficient (Wildman–Crippen LogP) is 0.758. The van der Waals surface area contributed by atoms with Gasteiger partial charge in [-0.3, -0.25) is 9.59 Å². The number of carboxylic acids is 1. The summed E-state index contributed by atoms with van der Waals surface area (Å²) in [6.07, 6.45) is 0.689. The summed E-state index contributed by atoms with van der Waals surface area (Å²) in [6, 6.07) is 6.86. The van der Waals surface area contributed by atoms with Gasteiger partial charge in [-0.2, -0.15) is 0 Å². The van der Waals surface area contributed by atoms with Crippen LogP contribution in [0.3, 0.4) is 0 Å². The fraction of sp³-hybridized carbons (Fsp3) is 0.429. The van der Waals surface area contributed by atoms with E-state index in [-0.39, 0.29) is 18.4 Å². The minimum atomic E-state index is -0.938. The van der Waals surface area contributed by atoms with E-state index in [9.17, 15) is 9.59 Å². The van der Waals surface area contributed by atoms with Gasteiger partial charge in [-0.05, 0) is 24.5 Å². The number of amides is 1. The van der Waals surface area contributed by atoms with E-state index in [1.54, 1.807) is 24.3 Å². The lowest BCUT2D eigenvalue weighted by molar-refractivity contribution is -0.136. The predicted molar refractivity (Wildman–Crippen MR) is 73.4 cm³/mol. The molecule has 2 rings (SSSR count). The zero-order valence-electron chi connectivity index (χ0n) is 11.0. The monoisotopic (exact) mass is 278 g/mol. The molecule has 1 aromatic rings. The third-order valence-corrected chi connectivity index (χ3v) is 3.28. The molecule has 6 nitrogen and oxygen atoms in total. The lowest BCUT2D eigenvalue weighted by Gasteiger charge is -2.14. The number of carbonyl (C=O) groups excluding carboxylic acids is 1. The zero-order chi connectivity index (χ0) is 14.5. The van der Waals surface area contributed by atoms with Gasteiger partial charge in [0.2, 0.25) is 0 Å². The third-order valence-electron chi connectivity index (χ3n) is 3.28. The van der Waals surface area contributed by atoms with Gasteiger partial charge >= 0.3 is 5.97 Å². The summed E-state index contributed by atoms with van der Waals surface area (Å²) in [5, 5.41) is 11.6. The van der Waals surface area contributed by atoms with Crippen LogP contribution in [0.25, 0.3) is 0 Å². The van der Waals surface area contributed by atoms with Crippen LogP contribution in [0.15, 0.2) is 24.3 Å². The van der Waals surface area contributed by atoms with E-state index in [2.05, 4.69) is 5.32 Å². The molecule has 1 saturated heterocycles. The quantitative estimate of drug-likeness (QED) is 0.738. The van der Waals surface area contributed by atoms with Crippen molar-refractivity contribution in [1.82, 2.24) is 0 Å². The van der Waals surface area contributed by atoms with Crippen molar-refractivity contribution in [1.29, 1.82) is 0 Å². The number of aliphatic carboxylic acids is 1. The second-order valence-electron chi connectivity index (χ2n) is 4.78. The van der Waals surface area contributed by atoms with Crippen LogP contribution in [0.1, 0.15) is 18.4 Å². The molecule has 0 saturated carbocycles. The van der Waals surface area contributed by atoms with Crippen LogP contribution < -0.4 is 11.1 Å². The molecule has 1 fully saturated rings. The van der Waals surface area contributed by atoms with Crippen LogP contribution >= 0.6 is 0 Å². The van der Waals surface area contributed by atoms with Crippen molar-refractivity contribution in [2.45, 2.75) is 31.5 Å². The molecule has 1 amide bonds. The maximum atomic E-state index is 12.1. The highest BCUT2D eigenvalue weighted by atomic mass is 16.5. The number of nitrogens with two attached hydrogens (primary N) is 1. The minimum absolute atomic E-state index is 0.0694. The molecule has 0 aromatic heterocycles. The summed E-state index contributed by atoms with van der Waals surface area (Å²) in [4.78, 5) is 22.9. The molecular formula is C14H18N2O4. The standard InChI is InChI=1S/C14H18N2O4/c15-8-10-5-6-12(20-10)14(19)16-11-4-2-1-3-9(11)7-13(17)18/h1-4,10,12H,5-8,15H2,(H,16,19)(H,17,18). The van der Waals surface area contributed by atoms with Gasteiger partial charge in [-0.25, -0.2) is 0 Å². The van der Waals surface area contributed by atoms with Crippen molar-refractivity contribution in [3.8, 4) is 0 Å². The van der Waals surface area contributed by atoms with Crippen LogP contribution in [-0.4, -0.2) is 35.7 Å². The number of benzene rings is 1. The summed E-state index contributed by atoms with van der Waals surface area (Å²) >= 11 is 0. The first-order valence-electron chi connectivity index (χ1n) is 6.56. The van der Waals surface area contributed by atoms with Crippen LogP contribution in [0.4, 0.5) is 5.69 Å². The normalized spacial score (nSPS) is 21.6. The lowest BCUT2D eigenvalue weighted by Crippen LogP contribution is -2.30. The van der Waals surface area contributed by atoms with Crippen molar-refractivity contribution >= 4 is 17.6 Å². The smallest absolute Gasteiger partial charge is 0.307 e. The first-order chi connectivity index (χ1) is 9.60. The lowest BCUT2D eigenvalue weighted by atomic mass is 10.1. The van der Waals surface area contributed by atoms with Crippen LogP contribution in [-0.2, 0) is 20.7 Å². The molecule has 0 aliphatic carbocycles. The first kappa shape index (κ1) is 14.5. The molecule has 1 heterocycles. The number of ether oxygens (including phenoxy) is 1. The third kappa shape index (κ3) is 3.55. The van der Waals surface area contributed by atoms with Gasteiger partial charge in [0.15, 0.2) is 0 Å². The number of rotatable bonds is 5. The van der Waals surface area contributed by atoms with E-state index in [0.717, 1.165) is 6.42 Å². The Morgan fingerprint density at radius 1 is 1.35 bits per heavy atom. The molecule has 2 atom stereocenters. The molecule has 1 aliphatic heterocycles. The van der Waals surface area contributed by atoms with E-state index < -0.39 is 12.1 Å². The Morgan fingerprint density at radius 2 is 2.10 bits per heavy atom. The number of carbonyl (C=O) groups is 2. The highest BCUT2D eigenvalue weighted by Crippen LogP contribution is 2.22. The van der Waals surface area contributed by atoms with Crippen molar-refractivity contribution in [3.05, 3.63) is 29.8 Å². The number of hydrogen-bond acceptors (Lipinski definition) is 4. The van der Waals surface area contributed by atoms with Gasteiger partial charge in [0.05, 0.1) is 12.5 Å². The van der Waals surface area contributed by atoms with Crippen molar-refractivity contribution in [3.63, 3.8) is 0 Å². The number of nitrogens with one attached hydrogen (secondary N) is 1. The van der Waals surface area contributed by atoms with E-state index >= 15 is 0 Å². The Hall–Kier alpha value is -1.92. The Kier molecular flexibility index (Phi) is 4.70. The molecule has 0 spiro atoms. The van der Waals surface area contributed by atoms with Gasteiger partial charge < -0.3 is 20.9 Å². The zero-order valence-corrected chi connectivity index (χ0v) is 11.0. The summed E-state index contributed by atoms with van der Waals surface area (Å²) in [5.74, 6) is -1.19. The van der Waals surface area contributed by atoms with E-state index in [4.69, 9.17) is 15.6 Å². The topological polar surface area (TPSA) is 102 Å². The van der Waals surface area contributed by atoms with Crippen molar-refractivity contribution in [2.75, 3.05) is 11.9 Å². The molecule has 2 unspecified atom stereocenters. The number of para-hydroxylation sites is 1. The maximum absolute atomic E-state index is 12.1. The molecule has 0 bridgehead atoms. The second-order valence-corrected chi connectivity index (χ2v) is 4.78. The van der Waals surface area contributed by atoms with Gasteiger partial charge in [-0.15, -0.1) is 0 Å². The van der Waals surface area contributed by atoms with E-state index in [0.29, 0.717) is 24.2 Å². The SMILES string of the molecule is NCC1CCC(C(=O)Nc2ccccc2CC(=O)O)O1. The highest BCUT2D eigenvalue weighted by molar-refractivity contribution is 5.95. The maximum Gasteiger partial charge on any atom is 0.307 e. The summed E-state index contributed by atoms with van der Waals surface area (Å²) in [7, 11) is 0. The van der Waals surface area contributed by atoms with E-state index in [1.165, 1.54) is 0 Å². The highest BCUT2D eigenvalue weighted by Gasteiger charge is 2.30. The average molecular weight is 278 g/mol. The van der Waals surface area contributed by atoms with Gasteiger partial charge in [0, 0.05) is 12.2 Å². The molecular weight excluding hydrogens is 260 g/mol. The Bertz CT molecular complexity index is 504. The molecule has 1 aliphatic rings. The van der Waals surface area contributed by atoms with Gasteiger partial charge in [0.25, 0.3) is 5.91 Å². The average Bonchev–Trinajstić information content (AvgIpc) is 2.89. The molecule has 6 heteroatoms. The fourth-order valence-corrected chi connectivity index (χ4v) is 2.24. The Morgan fingerprint density at radius 3 is 2.75 bits per heavy atom. The molecule has 1 aromatic carbocycles. The fourth-order valence-electron chi connectivity index (χ4n) is 2.24. The van der Waals surface area contributed by atoms with Crippen LogP contribution in [0.5, 0.6) is 0 Å². The second kappa shape index (κ2) is 6.49. The Balaban J connectivity index is 2.03.